The Kier molecular flexibility index (Phi) is 2.41. The predicted octanol–water partition coefficient (Wildman–Crippen LogP) is 1.82. The number of amidine groups is 1. The summed E-state index contributed by atoms with van der Waals surface area (Å²) in [5.74, 6) is -0.0194. The molecule has 1 aliphatic carbocycles. The smallest absolute Gasteiger partial charge is 0.283 e. The van der Waals surface area contributed by atoms with Gasteiger partial charge in [0.05, 0.1) is 0 Å². The first-order valence-corrected chi connectivity index (χ1v) is 6.08. The Bertz CT molecular complexity index is 536. The number of ether oxygens (including phenoxy) is 1. The number of anilines is 1. The highest BCUT2D eigenvalue weighted by Crippen LogP contribution is 2.54. The summed E-state index contributed by atoms with van der Waals surface area (Å²) in [7, 11) is 0. The molecular weight excluding hydrogens is 257 g/mol. The number of hydrogen-bond donors (Lipinski definition) is 2. The quantitative estimate of drug-likeness (QED) is 0.805. The average Bonchev–Trinajstić information content (AvgIpc) is 3.10. The van der Waals surface area contributed by atoms with Crippen molar-refractivity contribution in [2.45, 2.75) is 18.1 Å². The minimum Gasteiger partial charge on any atom is -0.462 e. The van der Waals surface area contributed by atoms with Crippen LogP contribution in [0.25, 0.3) is 0 Å². The molecule has 0 unspecified atom stereocenters. The summed E-state index contributed by atoms with van der Waals surface area (Å²) in [6.45, 7) is -0.665. The van der Waals surface area contributed by atoms with Crippen LogP contribution in [0.15, 0.2) is 23.2 Å². The zero-order chi connectivity index (χ0) is 12.9. The fourth-order valence-electron chi connectivity index (χ4n) is 2.60. The van der Waals surface area contributed by atoms with Crippen molar-refractivity contribution in [3.63, 3.8) is 0 Å². The first-order valence-electron chi connectivity index (χ1n) is 5.70. The van der Waals surface area contributed by atoms with Crippen LogP contribution in [-0.2, 0) is 10.3 Å². The molecule has 2 aliphatic rings. The van der Waals surface area contributed by atoms with Crippen LogP contribution in [0.2, 0.25) is 5.02 Å². The van der Waals surface area contributed by atoms with Gasteiger partial charge in [-0.25, -0.2) is 9.38 Å². The van der Waals surface area contributed by atoms with Crippen LogP contribution >= 0.6 is 11.6 Å². The number of rotatable bonds is 2. The molecule has 0 saturated heterocycles. The zero-order valence-corrected chi connectivity index (χ0v) is 10.3. The van der Waals surface area contributed by atoms with Gasteiger partial charge in [0.2, 0.25) is 0 Å². The van der Waals surface area contributed by atoms with Gasteiger partial charge >= 0.3 is 0 Å². The van der Waals surface area contributed by atoms with Crippen LogP contribution in [-0.4, -0.2) is 18.8 Å². The van der Waals surface area contributed by atoms with E-state index in [-0.39, 0.29) is 18.0 Å². The van der Waals surface area contributed by atoms with Gasteiger partial charge < -0.3 is 16.2 Å². The third-order valence-corrected chi connectivity index (χ3v) is 3.92. The fourth-order valence-corrected chi connectivity index (χ4v) is 2.88. The summed E-state index contributed by atoms with van der Waals surface area (Å²) in [5.41, 5.74) is 11.4. The first-order chi connectivity index (χ1) is 8.56. The lowest BCUT2D eigenvalue weighted by Gasteiger charge is -2.31. The summed E-state index contributed by atoms with van der Waals surface area (Å²) >= 11 is 6.16. The lowest BCUT2D eigenvalue weighted by atomic mass is 9.86. The van der Waals surface area contributed by atoms with E-state index in [1.165, 1.54) is 0 Å². The molecule has 3 atom stereocenters. The van der Waals surface area contributed by atoms with Crippen molar-refractivity contribution in [2.75, 3.05) is 12.4 Å². The highest BCUT2D eigenvalue weighted by Gasteiger charge is 2.59. The molecule has 96 valence electrons. The lowest BCUT2D eigenvalue weighted by molar-refractivity contribution is 0.171. The third kappa shape index (κ3) is 1.54. The standard InChI is InChI=1S/C12H13ClFN3O/c13-9-2-1-6(15)3-7(9)12(5-14)8-4-10(8)18-11(16)17-12/h1-3,8,10H,4-5,15H2,(H2,16,17)/t8-,10+,12+/m1/s1. The van der Waals surface area contributed by atoms with Crippen molar-refractivity contribution >= 4 is 23.3 Å². The van der Waals surface area contributed by atoms with E-state index in [9.17, 15) is 4.39 Å². The normalized spacial score (nSPS) is 33.3. The SMILES string of the molecule is NC1=N[C@@](CF)(c2cc(N)ccc2Cl)[C@@H]2C[C@@H]2O1. The maximum absolute atomic E-state index is 13.7. The summed E-state index contributed by atoms with van der Waals surface area (Å²) in [6, 6.07) is 5.01. The molecule has 4 nitrogen and oxygen atoms in total. The van der Waals surface area contributed by atoms with Crippen LogP contribution in [0.5, 0.6) is 0 Å². The van der Waals surface area contributed by atoms with E-state index in [0.29, 0.717) is 16.3 Å². The molecule has 1 aliphatic heterocycles. The zero-order valence-electron chi connectivity index (χ0n) is 9.57. The van der Waals surface area contributed by atoms with E-state index >= 15 is 0 Å². The van der Waals surface area contributed by atoms with Crippen molar-refractivity contribution in [1.29, 1.82) is 0 Å². The lowest BCUT2D eigenvalue weighted by Crippen LogP contribution is -2.39. The molecule has 1 heterocycles. The number of fused-ring (bicyclic) bond motifs is 1. The molecule has 0 spiro atoms. The number of halogens is 2. The van der Waals surface area contributed by atoms with Gasteiger partial charge in [0.1, 0.15) is 18.3 Å². The van der Waals surface area contributed by atoms with Crippen molar-refractivity contribution in [1.82, 2.24) is 0 Å². The Labute approximate surface area is 109 Å². The van der Waals surface area contributed by atoms with Crippen LogP contribution in [0, 0.1) is 5.92 Å². The van der Waals surface area contributed by atoms with Gasteiger partial charge in [0, 0.05) is 22.2 Å². The number of alkyl halides is 1. The van der Waals surface area contributed by atoms with Gasteiger partial charge in [-0.1, -0.05) is 11.6 Å². The monoisotopic (exact) mass is 269 g/mol. The Morgan fingerprint density at radius 2 is 2.28 bits per heavy atom. The molecule has 0 aromatic heterocycles. The van der Waals surface area contributed by atoms with E-state index < -0.39 is 12.2 Å². The Balaban J connectivity index is 2.16. The number of nitrogens with zero attached hydrogens (tertiary/aromatic N) is 1. The van der Waals surface area contributed by atoms with Crippen LogP contribution in [0.3, 0.4) is 0 Å². The number of hydrogen-bond acceptors (Lipinski definition) is 4. The minimum absolute atomic E-state index is 0.0184. The Morgan fingerprint density at radius 3 is 3.00 bits per heavy atom. The summed E-state index contributed by atoms with van der Waals surface area (Å²) in [6.07, 6.45) is 0.676. The van der Waals surface area contributed by atoms with Crippen molar-refractivity contribution in [3.05, 3.63) is 28.8 Å². The largest absolute Gasteiger partial charge is 0.462 e. The molecule has 1 aromatic rings. The molecule has 1 aromatic carbocycles. The Morgan fingerprint density at radius 1 is 1.50 bits per heavy atom. The second-order valence-corrected chi connectivity index (χ2v) is 5.15. The van der Waals surface area contributed by atoms with Crippen molar-refractivity contribution in [3.8, 4) is 0 Å². The molecule has 0 amide bonds. The van der Waals surface area contributed by atoms with Gasteiger partial charge in [-0.2, -0.15) is 0 Å². The predicted molar refractivity (Wildman–Crippen MR) is 68.1 cm³/mol. The van der Waals surface area contributed by atoms with E-state index in [1.807, 2.05) is 0 Å². The molecule has 0 bridgehead atoms. The number of aliphatic imine (C=N–C) groups is 1. The van der Waals surface area contributed by atoms with Crippen LogP contribution < -0.4 is 11.5 Å². The average molecular weight is 270 g/mol. The summed E-state index contributed by atoms with van der Waals surface area (Å²) in [5, 5.41) is 0.450. The number of benzene rings is 1. The second-order valence-electron chi connectivity index (χ2n) is 4.75. The maximum Gasteiger partial charge on any atom is 0.283 e. The number of nitrogen functional groups attached to an aromatic ring is 1. The highest BCUT2D eigenvalue weighted by atomic mass is 35.5. The van der Waals surface area contributed by atoms with Crippen LogP contribution in [0.4, 0.5) is 10.1 Å². The maximum atomic E-state index is 13.7. The molecule has 4 N–H and O–H groups in total. The van der Waals surface area contributed by atoms with Gasteiger partial charge in [-0.15, -0.1) is 0 Å². The molecule has 18 heavy (non-hydrogen) atoms. The third-order valence-electron chi connectivity index (χ3n) is 3.59. The first kappa shape index (κ1) is 11.6. The van der Waals surface area contributed by atoms with E-state index in [1.54, 1.807) is 18.2 Å². The van der Waals surface area contributed by atoms with Gasteiger partial charge in [0.25, 0.3) is 6.02 Å². The Hall–Kier alpha value is -1.49. The van der Waals surface area contributed by atoms with Gasteiger partial charge in [-0.05, 0) is 24.6 Å². The fraction of sp³-hybridized carbons (Fsp3) is 0.417. The molecule has 1 fully saturated rings. The van der Waals surface area contributed by atoms with Gasteiger partial charge in [0.15, 0.2) is 0 Å². The number of nitrogens with two attached hydrogens (primary N) is 2. The topological polar surface area (TPSA) is 73.6 Å². The van der Waals surface area contributed by atoms with E-state index in [0.717, 1.165) is 6.42 Å². The van der Waals surface area contributed by atoms with Crippen molar-refractivity contribution in [2.24, 2.45) is 16.6 Å². The summed E-state index contributed by atoms with van der Waals surface area (Å²) in [4.78, 5) is 4.18. The van der Waals surface area contributed by atoms with E-state index in [2.05, 4.69) is 4.99 Å². The highest BCUT2D eigenvalue weighted by molar-refractivity contribution is 6.31. The van der Waals surface area contributed by atoms with Crippen molar-refractivity contribution < 1.29 is 9.13 Å². The molecule has 1 saturated carbocycles. The van der Waals surface area contributed by atoms with Crippen LogP contribution in [0.1, 0.15) is 12.0 Å². The summed E-state index contributed by atoms with van der Waals surface area (Å²) < 4.78 is 19.0. The van der Waals surface area contributed by atoms with Gasteiger partial charge in [-0.3, -0.25) is 0 Å². The molecule has 6 heteroatoms. The second kappa shape index (κ2) is 3.75. The van der Waals surface area contributed by atoms with E-state index in [4.69, 9.17) is 27.8 Å². The molecule has 3 rings (SSSR count). The molecule has 0 radical (unpaired) electrons. The minimum atomic E-state index is -1.04. The molecular formula is C12H13ClFN3O.